The quantitative estimate of drug-likeness (QED) is 0.838. The third-order valence-electron chi connectivity index (χ3n) is 5.89. The Balaban J connectivity index is 1.41. The molecule has 128 valence electrons. The average molecular weight is 326 g/mol. The van der Waals surface area contributed by atoms with Crippen LogP contribution in [0.25, 0.3) is 0 Å². The van der Waals surface area contributed by atoms with Gasteiger partial charge in [-0.1, -0.05) is 12.5 Å². The van der Waals surface area contributed by atoms with Crippen LogP contribution in [0.5, 0.6) is 0 Å². The number of carbonyl (C=O) groups is 2. The van der Waals surface area contributed by atoms with Crippen LogP contribution in [0.3, 0.4) is 0 Å². The molecule has 1 saturated heterocycles. The SMILES string of the molecule is O=C(c1ccc2c(c1)CCC2)N1CCCN(C(=O)C2CCC2)CC1. The molecule has 0 N–H and O–H groups in total. The average Bonchev–Trinajstić information content (AvgIpc) is 2.87. The van der Waals surface area contributed by atoms with Crippen LogP contribution in [0.15, 0.2) is 18.2 Å². The lowest BCUT2D eigenvalue weighted by Gasteiger charge is -2.31. The molecule has 4 nitrogen and oxygen atoms in total. The van der Waals surface area contributed by atoms with E-state index in [2.05, 4.69) is 12.1 Å². The summed E-state index contributed by atoms with van der Waals surface area (Å²) in [5.41, 5.74) is 3.56. The highest BCUT2D eigenvalue weighted by molar-refractivity contribution is 5.94. The first-order chi connectivity index (χ1) is 11.7. The number of nitrogens with zero attached hydrogens (tertiary/aromatic N) is 2. The van der Waals surface area contributed by atoms with E-state index in [1.807, 2.05) is 15.9 Å². The molecule has 4 rings (SSSR count). The number of benzene rings is 1. The third kappa shape index (κ3) is 2.94. The van der Waals surface area contributed by atoms with Crippen molar-refractivity contribution in [2.75, 3.05) is 26.2 Å². The largest absolute Gasteiger partial charge is 0.341 e. The minimum atomic E-state index is 0.127. The number of carbonyl (C=O) groups excluding carboxylic acids is 2. The molecule has 2 aliphatic carbocycles. The summed E-state index contributed by atoms with van der Waals surface area (Å²) in [6.45, 7) is 2.90. The fraction of sp³-hybridized carbons (Fsp3) is 0.600. The van der Waals surface area contributed by atoms with E-state index in [4.69, 9.17) is 0 Å². The van der Waals surface area contributed by atoms with Crippen LogP contribution >= 0.6 is 0 Å². The molecule has 1 aliphatic heterocycles. The first kappa shape index (κ1) is 15.7. The summed E-state index contributed by atoms with van der Waals surface area (Å²) in [5, 5.41) is 0. The predicted octanol–water partition coefficient (Wildman–Crippen LogP) is 2.65. The molecule has 0 bridgehead atoms. The second kappa shape index (κ2) is 6.58. The van der Waals surface area contributed by atoms with Crippen LogP contribution in [0.4, 0.5) is 0 Å². The van der Waals surface area contributed by atoms with Gasteiger partial charge in [0.2, 0.25) is 5.91 Å². The Bertz CT molecular complexity index is 651. The van der Waals surface area contributed by atoms with Crippen molar-refractivity contribution in [3.05, 3.63) is 34.9 Å². The zero-order valence-corrected chi connectivity index (χ0v) is 14.3. The number of hydrogen-bond acceptors (Lipinski definition) is 2. The Morgan fingerprint density at radius 1 is 0.833 bits per heavy atom. The summed E-state index contributed by atoms with van der Waals surface area (Å²) in [6, 6.07) is 6.20. The van der Waals surface area contributed by atoms with Crippen LogP contribution in [0, 0.1) is 5.92 Å². The first-order valence-corrected chi connectivity index (χ1v) is 9.42. The van der Waals surface area contributed by atoms with E-state index in [1.165, 1.54) is 24.0 Å². The van der Waals surface area contributed by atoms with Gasteiger partial charge in [0.05, 0.1) is 0 Å². The highest BCUT2D eigenvalue weighted by Gasteiger charge is 2.31. The van der Waals surface area contributed by atoms with Crippen LogP contribution in [0.1, 0.15) is 53.6 Å². The molecule has 1 aromatic carbocycles. The van der Waals surface area contributed by atoms with Crippen molar-refractivity contribution >= 4 is 11.8 Å². The van der Waals surface area contributed by atoms with E-state index in [1.54, 1.807) is 0 Å². The van der Waals surface area contributed by atoms with Gasteiger partial charge in [-0.25, -0.2) is 0 Å². The van der Waals surface area contributed by atoms with Crippen molar-refractivity contribution in [1.29, 1.82) is 0 Å². The maximum Gasteiger partial charge on any atom is 0.253 e. The van der Waals surface area contributed by atoms with Crippen LogP contribution in [-0.4, -0.2) is 47.8 Å². The van der Waals surface area contributed by atoms with Gasteiger partial charge in [-0.2, -0.15) is 0 Å². The summed E-state index contributed by atoms with van der Waals surface area (Å²) < 4.78 is 0. The number of aryl methyl sites for hydroxylation is 2. The Morgan fingerprint density at radius 3 is 2.38 bits per heavy atom. The van der Waals surface area contributed by atoms with Gasteiger partial charge < -0.3 is 9.80 Å². The maximum absolute atomic E-state index is 12.9. The van der Waals surface area contributed by atoms with Crippen LogP contribution in [0.2, 0.25) is 0 Å². The molecule has 3 aliphatic rings. The molecule has 0 spiro atoms. The molecule has 1 heterocycles. The lowest BCUT2D eigenvalue weighted by molar-refractivity contribution is -0.138. The summed E-state index contributed by atoms with van der Waals surface area (Å²) in [4.78, 5) is 29.2. The van der Waals surface area contributed by atoms with Gasteiger partial charge in [-0.05, 0) is 61.8 Å². The topological polar surface area (TPSA) is 40.6 Å². The van der Waals surface area contributed by atoms with Crippen molar-refractivity contribution in [1.82, 2.24) is 9.80 Å². The summed E-state index contributed by atoms with van der Waals surface area (Å²) in [7, 11) is 0. The molecule has 1 saturated carbocycles. The maximum atomic E-state index is 12.9. The van der Waals surface area contributed by atoms with Crippen molar-refractivity contribution in [2.24, 2.45) is 5.92 Å². The first-order valence-electron chi connectivity index (χ1n) is 9.42. The number of rotatable bonds is 2. The fourth-order valence-corrected chi connectivity index (χ4v) is 4.14. The molecule has 0 atom stereocenters. The molecule has 2 amide bonds. The van der Waals surface area contributed by atoms with Gasteiger partial charge in [-0.3, -0.25) is 9.59 Å². The van der Waals surface area contributed by atoms with Gasteiger partial charge in [-0.15, -0.1) is 0 Å². The molecule has 0 aromatic heterocycles. The fourth-order valence-electron chi connectivity index (χ4n) is 4.14. The minimum absolute atomic E-state index is 0.127. The number of fused-ring (bicyclic) bond motifs is 1. The zero-order chi connectivity index (χ0) is 16.5. The van der Waals surface area contributed by atoms with Gasteiger partial charge >= 0.3 is 0 Å². The molecule has 2 fully saturated rings. The molecule has 0 unspecified atom stereocenters. The summed E-state index contributed by atoms with van der Waals surface area (Å²) in [5.74, 6) is 0.694. The molecular weight excluding hydrogens is 300 g/mol. The van der Waals surface area contributed by atoms with E-state index < -0.39 is 0 Å². The van der Waals surface area contributed by atoms with E-state index >= 15 is 0 Å². The second-order valence-electron chi connectivity index (χ2n) is 7.44. The molecule has 1 aromatic rings. The Labute approximate surface area is 143 Å². The lowest BCUT2D eigenvalue weighted by atomic mass is 9.84. The van der Waals surface area contributed by atoms with E-state index in [0.717, 1.165) is 50.8 Å². The van der Waals surface area contributed by atoms with Gasteiger partial charge in [0, 0.05) is 37.7 Å². The van der Waals surface area contributed by atoms with E-state index in [0.29, 0.717) is 19.0 Å². The summed E-state index contributed by atoms with van der Waals surface area (Å²) >= 11 is 0. The Kier molecular flexibility index (Phi) is 4.30. The van der Waals surface area contributed by atoms with Crippen molar-refractivity contribution in [3.8, 4) is 0 Å². The van der Waals surface area contributed by atoms with Crippen LogP contribution in [-0.2, 0) is 17.6 Å². The van der Waals surface area contributed by atoms with Gasteiger partial charge in [0.15, 0.2) is 0 Å². The predicted molar refractivity (Wildman–Crippen MR) is 92.9 cm³/mol. The third-order valence-corrected chi connectivity index (χ3v) is 5.89. The van der Waals surface area contributed by atoms with E-state index in [9.17, 15) is 9.59 Å². The zero-order valence-electron chi connectivity index (χ0n) is 14.3. The summed E-state index contributed by atoms with van der Waals surface area (Å²) in [6.07, 6.45) is 7.61. The lowest BCUT2D eigenvalue weighted by Crippen LogP contribution is -2.41. The minimum Gasteiger partial charge on any atom is -0.341 e. The van der Waals surface area contributed by atoms with Gasteiger partial charge in [0.1, 0.15) is 0 Å². The van der Waals surface area contributed by atoms with Crippen LogP contribution < -0.4 is 0 Å². The standard InChI is InChI=1S/C20H26N2O2/c23-19(16-5-2-6-16)21-10-3-11-22(13-12-21)20(24)18-9-8-15-4-1-7-17(15)14-18/h8-9,14,16H,1-7,10-13H2. The van der Waals surface area contributed by atoms with Crippen molar-refractivity contribution in [2.45, 2.75) is 44.9 Å². The van der Waals surface area contributed by atoms with Crippen molar-refractivity contribution < 1.29 is 9.59 Å². The normalized spacial score (nSPS) is 21.2. The highest BCUT2D eigenvalue weighted by Crippen LogP contribution is 2.29. The van der Waals surface area contributed by atoms with E-state index in [-0.39, 0.29) is 11.8 Å². The molecule has 0 radical (unpaired) electrons. The smallest absolute Gasteiger partial charge is 0.253 e. The highest BCUT2D eigenvalue weighted by atomic mass is 16.2. The Morgan fingerprint density at radius 2 is 1.58 bits per heavy atom. The second-order valence-corrected chi connectivity index (χ2v) is 7.44. The molecule has 4 heteroatoms. The number of amides is 2. The Hall–Kier alpha value is -1.84. The van der Waals surface area contributed by atoms with Crippen molar-refractivity contribution in [3.63, 3.8) is 0 Å². The number of hydrogen-bond donors (Lipinski definition) is 0. The monoisotopic (exact) mass is 326 g/mol. The van der Waals surface area contributed by atoms with Gasteiger partial charge in [0.25, 0.3) is 5.91 Å². The molecular formula is C20H26N2O2. The molecule has 24 heavy (non-hydrogen) atoms.